The summed E-state index contributed by atoms with van der Waals surface area (Å²) in [6, 6.07) is 7.40. The van der Waals surface area contributed by atoms with Gasteiger partial charge in [0.2, 0.25) is 15.9 Å². The van der Waals surface area contributed by atoms with Crippen LogP contribution in [0.1, 0.15) is 12.8 Å². The van der Waals surface area contributed by atoms with Gasteiger partial charge in [0, 0.05) is 11.9 Å². The van der Waals surface area contributed by atoms with Crippen molar-refractivity contribution in [2.45, 2.75) is 18.9 Å². The molecule has 9 heteroatoms. The fourth-order valence-corrected chi connectivity index (χ4v) is 5.45. The Morgan fingerprint density at radius 1 is 1.35 bits per heavy atom. The molecule has 0 spiro atoms. The number of thiazole rings is 1. The summed E-state index contributed by atoms with van der Waals surface area (Å²) in [6.45, 7) is 0.354. The van der Waals surface area contributed by atoms with E-state index in [0.29, 0.717) is 30.0 Å². The maximum atomic E-state index is 13.4. The van der Waals surface area contributed by atoms with Gasteiger partial charge in [0.05, 0.1) is 16.5 Å². The summed E-state index contributed by atoms with van der Waals surface area (Å²) >= 11 is 1.29. The predicted octanol–water partition coefficient (Wildman–Crippen LogP) is 2.95. The lowest BCUT2D eigenvalue weighted by Crippen LogP contribution is -2.42. The summed E-state index contributed by atoms with van der Waals surface area (Å²) in [4.78, 5) is 17.0. The van der Waals surface area contributed by atoms with E-state index < -0.39 is 16.1 Å². The number of benzene rings is 2. The number of amides is 1. The maximum absolute atomic E-state index is 13.4. The molecule has 2 aromatic carbocycles. The normalized spacial score (nSPS) is 18.6. The second-order valence-corrected chi connectivity index (χ2v) is 9.25. The molecule has 0 bridgehead atoms. The highest BCUT2D eigenvalue weighted by atomic mass is 32.2. The first-order valence-corrected chi connectivity index (χ1v) is 10.8. The summed E-state index contributed by atoms with van der Waals surface area (Å²) < 4.78 is 39.1. The van der Waals surface area contributed by atoms with E-state index in [9.17, 15) is 17.6 Å². The minimum absolute atomic E-state index is 0.308. The fourth-order valence-electron chi connectivity index (χ4n) is 3.33. The van der Waals surface area contributed by atoms with Crippen LogP contribution in [-0.4, -0.2) is 42.5 Å². The molecule has 1 aliphatic heterocycles. The van der Waals surface area contributed by atoms with Gasteiger partial charge >= 0.3 is 0 Å². The number of hydrogen-bond acceptors (Lipinski definition) is 5. The molecule has 2 heterocycles. The highest BCUT2D eigenvalue weighted by Crippen LogP contribution is 2.33. The third-order valence-electron chi connectivity index (χ3n) is 4.49. The van der Waals surface area contributed by atoms with E-state index >= 15 is 0 Å². The summed E-state index contributed by atoms with van der Waals surface area (Å²) in [5, 5.41) is 4.77. The zero-order chi connectivity index (χ0) is 18.5. The van der Waals surface area contributed by atoms with E-state index in [1.54, 1.807) is 18.2 Å². The van der Waals surface area contributed by atoms with Crippen LogP contribution >= 0.6 is 11.3 Å². The molecule has 1 saturated heterocycles. The van der Waals surface area contributed by atoms with Gasteiger partial charge in [-0.05, 0) is 42.5 Å². The molecule has 0 saturated carbocycles. The molecule has 4 rings (SSSR count). The number of carbonyl (C=O) groups is 1. The lowest BCUT2D eigenvalue weighted by atomic mass is 10.1. The van der Waals surface area contributed by atoms with Gasteiger partial charge in [-0.15, -0.1) is 0 Å². The molecule has 1 aliphatic rings. The first-order chi connectivity index (χ1) is 12.3. The average Bonchev–Trinajstić information content (AvgIpc) is 3.20. The Labute approximate surface area is 153 Å². The Morgan fingerprint density at radius 3 is 2.92 bits per heavy atom. The van der Waals surface area contributed by atoms with Crippen LogP contribution in [0.25, 0.3) is 21.0 Å². The zero-order valence-electron chi connectivity index (χ0n) is 13.9. The second-order valence-electron chi connectivity index (χ2n) is 6.32. The number of nitrogens with one attached hydrogen (secondary N) is 1. The molecule has 0 aliphatic carbocycles. The molecule has 6 nitrogen and oxygen atoms in total. The van der Waals surface area contributed by atoms with Crippen molar-refractivity contribution in [2.24, 2.45) is 0 Å². The summed E-state index contributed by atoms with van der Waals surface area (Å²) in [6.07, 6.45) is 2.26. The molecule has 1 atom stereocenters. The van der Waals surface area contributed by atoms with Crippen molar-refractivity contribution in [1.29, 1.82) is 0 Å². The monoisotopic (exact) mass is 393 g/mol. The van der Waals surface area contributed by atoms with Crippen LogP contribution in [0.2, 0.25) is 0 Å². The van der Waals surface area contributed by atoms with Crippen LogP contribution in [0.4, 0.5) is 9.52 Å². The van der Waals surface area contributed by atoms with Crippen molar-refractivity contribution in [3.63, 3.8) is 0 Å². The molecule has 0 radical (unpaired) electrons. The fraction of sp³-hybridized carbons (Fsp3) is 0.294. The summed E-state index contributed by atoms with van der Waals surface area (Å²) in [5.41, 5.74) is 0.704. The molecule has 1 amide bonds. The van der Waals surface area contributed by atoms with Gasteiger partial charge in [-0.1, -0.05) is 17.4 Å². The summed E-state index contributed by atoms with van der Waals surface area (Å²) in [7, 11) is -3.43. The smallest absolute Gasteiger partial charge is 0.244 e. The van der Waals surface area contributed by atoms with Gasteiger partial charge in [0.1, 0.15) is 11.9 Å². The van der Waals surface area contributed by atoms with Gasteiger partial charge in [0.25, 0.3) is 0 Å². The van der Waals surface area contributed by atoms with E-state index in [1.807, 2.05) is 0 Å². The van der Waals surface area contributed by atoms with Gasteiger partial charge < -0.3 is 5.32 Å². The lowest BCUT2D eigenvalue weighted by Gasteiger charge is -2.20. The van der Waals surface area contributed by atoms with Crippen LogP contribution in [0.3, 0.4) is 0 Å². The highest BCUT2D eigenvalue weighted by molar-refractivity contribution is 7.88. The Morgan fingerprint density at radius 2 is 2.15 bits per heavy atom. The quantitative estimate of drug-likeness (QED) is 0.742. The Bertz CT molecular complexity index is 1130. The molecular formula is C17H16FN3O3S2. The van der Waals surface area contributed by atoms with Crippen molar-refractivity contribution in [1.82, 2.24) is 9.29 Å². The van der Waals surface area contributed by atoms with E-state index in [1.165, 1.54) is 27.8 Å². The number of fused-ring (bicyclic) bond motifs is 3. The number of aromatic nitrogens is 1. The summed E-state index contributed by atoms with van der Waals surface area (Å²) in [5.74, 6) is -0.681. The largest absolute Gasteiger partial charge is 0.301 e. The van der Waals surface area contributed by atoms with E-state index in [4.69, 9.17) is 0 Å². The predicted molar refractivity (Wildman–Crippen MR) is 100 cm³/mol. The number of carbonyl (C=O) groups excluding carboxylic acids is 1. The Hall–Kier alpha value is -2.10. The number of rotatable bonds is 3. The molecular weight excluding hydrogens is 377 g/mol. The Kier molecular flexibility index (Phi) is 4.17. The third-order valence-corrected chi connectivity index (χ3v) is 6.80. The first-order valence-electron chi connectivity index (χ1n) is 8.09. The number of anilines is 1. The SMILES string of the molecule is CS(=O)(=O)N1CCC[C@@H]1C(=O)Nc1nc2ccc3cc(F)ccc3c2s1. The second kappa shape index (κ2) is 6.26. The molecule has 3 aromatic rings. The van der Waals surface area contributed by atoms with E-state index in [2.05, 4.69) is 10.3 Å². The number of halogens is 1. The molecule has 1 aromatic heterocycles. The third kappa shape index (κ3) is 3.06. The van der Waals surface area contributed by atoms with Crippen molar-refractivity contribution in [3.05, 3.63) is 36.1 Å². The topological polar surface area (TPSA) is 79.4 Å². The van der Waals surface area contributed by atoms with Crippen LogP contribution < -0.4 is 5.32 Å². The maximum Gasteiger partial charge on any atom is 0.244 e. The standard InChI is InChI=1S/C17H16FN3O3S2/c1-26(23,24)21-8-2-3-14(21)16(22)20-17-19-13-7-4-10-9-11(18)5-6-12(10)15(13)25-17/h4-7,9,14H,2-3,8H2,1H3,(H,19,20,22)/t14-/m1/s1. The van der Waals surface area contributed by atoms with Crippen molar-refractivity contribution in [2.75, 3.05) is 18.1 Å². The van der Waals surface area contributed by atoms with Crippen LogP contribution in [-0.2, 0) is 14.8 Å². The minimum Gasteiger partial charge on any atom is -0.301 e. The van der Waals surface area contributed by atoms with Crippen molar-refractivity contribution in [3.8, 4) is 0 Å². The number of hydrogen-bond donors (Lipinski definition) is 1. The number of nitrogens with zero attached hydrogens (tertiary/aromatic N) is 2. The van der Waals surface area contributed by atoms with Crippen LogP contribution in [0, 0.1) is 5.82 Å². The average molecular weight is 393 g/mol. The molecule has 1 fully saturated rings. The molecule has 1 N–H and O–H groups in total. The van der Waals surface area contributed by atoms with Gasteiger partial charge in [-0.25, -0.2) is 17.8 Å². The minimum atomic E-state index is -3.43. The zero-order valence-corrected chi connectivity index (χ0v) is 15.5. The first kappa shape index (κ1) is 17.3. The highest BCUT2D eigenvalue weighted by Gasteiger charge is 2.36. The van der Waals surface area contributed by atoms with Gasteiger partial charge in [-0.2, -0.15) is 4.31 Å². The molecule has 0 unspecified atom stereocenters. The molecule has 136 valence electrons. The van der Waals surface area contributed by atoms with Crippen molar-refractivity contribution < 1.29 is 17.6 Å². The molecule has 26 heavy (non-hydrogen) atoms. The van der Waals surface area contributed by atoms with Gasteiger partial charge in [-0.3, -0.25) is 4.79 Å². The van der Waals surface area contributed by atoms with Crippen molar-refractivity contribution >= 4 is 53.4 Å². The van der Waals surface area contributed by atoms with Gasteiger partial charge in [0.15, 0.2) is 5.13 Å². The lowest BCUT2D eigenvalue weighted by molar-refractivity contribution is -0.119. The number of sulfonamides is 1. The Balaban J connectivity index is 1.65. The van der Waals surface area contributed by atoms with E-state index in [0.717, 1.165) is 21.7 Å². The van der Waals surface area contributed by atoms with E-state index in [-0.39, 0.29) is 11.7 Å². The van der Waals surface area contributed by atoms with Crippen LogP contribution in [0.5, 0.6) is 0 Å². The van der Waals surface area contributed by atoms with Crippen LogP contribution in [0.15, 0.2) is 30.3 Å².